The molecule has 8 heteroatoms. The number of methoxy groups -OCH3 is 3. The number of ether oxygens (including phenoxy) is 3. The van der Waals surface area contributed by atoms with Crippen molar-refractivity contribution in [3.05, 3.63) is 52.5 Å². The van der Waals surface area contributed by atoms with E-state index < -0.39 is 0 Å². The lowest BCUT2D eigenvalue weighted by atomic mass is 10.2. The Morgan fingerprint density at radius 3 is 1.85 bits per heavy atom. The van der Waals surface area contributed by atoms with E-state index in [0.29, 0.717) is 36.3 Å². The second kappa shape index (κ2) is 11.8. The summed E-state index contributed by atoms with van der Waals surface area (Å²) in [6.07, 6.45) is 0. The van der Waals surface area contributed by atoms with Crippen LogP contribution in [0.25, 0.3) is 0 Å². The third kappa shape index (κ3) is 6.66. The Bertz CT molecular complexity index is 729. The Morgan fingerprint density at radius 1 is 0.889 bits per heavy atom. The van der Waals surface area contributed by atoms with Crippen molar-refractivity contribution >= 4 is 41.5 Å². The maximum absolute atomic E-state index is 5.90. The van der Waals surface area contributed by atoms with E-state index in [4.69, 9.17) is 25.8 Å². The summed E-state index contributed by atoms with van der Waals surface area (Å²) in [5.41, 5.74) is 2.10. The van der Waals surface area contributed by atoms with Crippen LogP contribution in [0.4, 0.5) is 0 Å². The zero-order valence-electron chi connectivity index (χ0n) is 15.8. The van der Waals surface area contributed by atoms with Crippen molar-refractivity contribution < 1.29 is 14.2 Å². The fourth-order valence-electron chi connectivity index (χ4n) is 2.43. The number of benzene rings is 2. The summed E-state index contributed by atoms with van der Waals surface area (Å²) in [5, 5.41) is 7.25. The van der Waals surface area contributed by atoms with Gasteiger partial charge in [-0.25, -0.2) is 0 Å². The smallest absolute Gasteiger partial charge is 0.203 e. The Labute approximate surface area is 182 Å². The molecule has 0 aromatic heterocycles. The maximum Gasteiger partial charge on any atom is 0.203 e. The first-order valence-electron chi connectivity index (χ1n) is 8.09. The number of aliphatic imine (C=N–C) groups is 1. The van der Waals surface area contributed by atoms with Gasteiger partial charge in [-0.15, -0.1) is 24.0 Å². The largest absolute Gasteiger partial charge is 0.493 e. The van der Waals surface area contributed by atoms with Crippen LogP contribution in [0.1, 0.15) is 11.1 Å². The van der Waals surface area contributed by atoms with Crippen molar-refractivity contribution in [2.75, 3.05) is 28.4 Å². The summed E-state index contributed by atoms with van der Waals surface area (Å²) in [6.45, 7) is 1.20. The number of hydrogen-bond acceptors (Lipinski definition) is 4. The first-order valence-corrected chi connectivity index (χ1v) is 8.47. The topological polar surface area (TPSA) is 64.1 Å². The highest BCUT2D eigenvalue weighted by atomic mass is 127. The minimum absolute atomic E-state index is 0. The Hall–Kier alpha value is -1.87. The van der Waals surface area contributed by atoms with Crippen molar-refractivity contribution in [1.29, 1.82) is 0 Å². The van der Waals surface area contributed by atoms with Crippen LogP contribution < -0.4 is 24.8 Å². The van der Waals surface area contributed by atoms with E-state index in [2.05, 4.69) is 15.6 Å². The predicted molar refractivity (Wildman–Crippen MR) is 120 cm³/mol. The van der Waals surface area contributed by atoms with Crippen LogP contribution in [-0.2, 0) is 13.1 Å². The minimum Gasteiger partial charge on any atom is -0.493 e. The quantitative estimate of drug-likeness (QED) is 0.340. The zero-order chi connectivity index (χ0) is 18.9. The Kier molecular flexibility index (Phi) is 10.1. The maximum atomic E-state index is 5.90. The van der Waals surface area contributed by atoms with Gasteiger partial charge in [0.05, 0.1) is 21.3 Å². The first-order chi connectivity index (χ1) is 12.6. The lowest BCUT2D eigenvalue weighted by Crippen LogP contribution is -2.36. The Morgan fingerprint density at radius 2 is 1.41 bits per heavy atom. The lowest BCUT2D eigenvalue weighted by molar-refractivity contribution is 0.323. The normalized spacial score (nSPS) is 10.6. The highest BCUT2D eigenvalue weighted by molar-refractivity contribution is 14.0. The van der Waals surface area contributed by atoms with E-state index in [9.17, 15) is 0 Å². The van der Waals surface area contributed by atoms with Gasteiger partial charge in [0.2, 0.25) is 5.75 Å². The summed E-state index contributed by atoms with van der Waals surface area (Å²) in [4.78, 5) is 4.24. The molecule has 2 rings (SSSR count). The van der Waals surface area contributed by atoms with Crippen LogP contribution in [0, 0.1) is 0 Å². The molecule has 0 aliphatic heterocycles. The molecule has 0 fully saturated rings. The first kappa shape index (κ1) is 23.2. The Balaban J connectivity index is 0.00000364. The van der Waals surface area contributed by atoms with Crippen LogP contribution >= 0.6 is 35.6 Å². The van der Waals surface area contributed by atoms with Crippen molar-refractivity contribution in [1.82, 2.24) is 10.6 Å². The molecule has 2 aromatic carbocycles. The van der Waals surface area contributed by atoms with Gasteiger partial charge < -0.3 is 24.8 Å². The third-order valence-corrected chi connectivity index (χ3v) is 4.03. The van der Waals surface area contributed by atoms with Crippen LogP contribution in [0.3, 0.4) is 0 Å². The molecule has 0 radical (unpaired) electrons. The molecule has 0 saturated carbocycles. The molecule has 27 heavy (non-hydrogen) atoms. The monoisotopic (exact) mass is 505 g/mol. The minimum atomic E-state index is 0. The summed E-state index contributed by atoms with van der Waals surface area (Å²) < 4.78 is 16.1. The summed E-state index contributed by atoms with van der Waals surface area (Å²) in [5.74, 6) is 2.50. The molecule has 0 unspecified atom stereocenters. The van der Waals surface area contributed by atoms with Crippen LogP contribution in [0.2, 0.25) is 5.02 Å². The van der Waals surface area contributed by atoms with Gasteiger partial charge in [-0.2, -0.15) is 0 Å². The molecule has 0 amide bonds. The number of hydrogen-bond donors (Lipinski definition) is 2. The highest BCUT2D eigenvalue weighted by Crippen LogP contribution is 2.38. The van der Waals surface area contributed by atoms with Gasteiger partial charge >= 0.3 is 0 Å². The van der Waals surface area contributed by atoms with Gasteiger partial charge in [0.1, 0.15) is 0 Å². The highest BCUT2D eigenvalue weighted by Gasteiger charge is 2.13. The van der Waals surface area contributed by atoms with E-state index in [1.165, 1.54) is 0 Å². The molecule has 0 heterocycles. The molecule has 0 aliphatic rings. The molecule has 2 N–H and O–H groups in total. The molecule has 148 valence electrons. The average Bonchev–Trinajstić information content (AvgIpc) is 2.68. The molecule has 2 aromatic rings. The fraction of sp³-hybridized carbons (Fsp3) is 0.316. The van der Waals surface area contributed by atoms with Crippen molar-refractivity contribution in [3.8, 4) is 17.2 Å². The standard InChI is InChI=1S/C19H24ClN3O3.HI/c1-21-19(22-11-13-5-7-15(20)8-6-13)23-12-14-9-16(24-2)18(26-4)17(10-14)25-3;/h5-10H,11-12H2,1-4H3,(H2,21,22,23);1H. The second-order valence-electron chi connectivity index (χ2n) is 5.44. The second-order valence-corrected chi connectivity index (χ2v) is 5.88. The molecule has 0 spiro atoms. The molecule has 0 aliphatic carbocycles. The van der Waals surface area contributed by atoms with Crippen molar-refractivity contribution in [2.24, 2.45) is 4.99 Å². The summed E-state index contributed by atoms with van der Waals surface area (Å²) in [6, 6.07) is 11.5. The van der Waals surface area contributed by atoms with E-state index in [-0.39, 0.29) is 24.0 Å². The van der Waals surface area contributed by atoms with E-state index in [1.54, 1.807) is 28.4 Å². The predicted octanol–water partition coefficient (Wildman–Crippen LogP) is 3.85. The molecular weight excluding hydrogens is 481 g/mol. The van der Waals surface area contributed by atoms with Gasteiger partial charge in [-0.3, -0.25) is 4.99 Å². The van der Waals surface area contributed by atoms with Gasteiger partial charge in [0.15, 0.2) is 17.5 Å². The van der Waals surface area contributed by atoms with Crippen LogP contribution in [0.5, 0.6) is 17.2 Å². The number of guanidine groups is 1. The van der Waals surface area contributed by atoms with E-state index >= 15 is 0 Å². The SMILES string of the molecule is CN=C(NCc1ccc(Cl)cc1)NCc1cc(OC)c(OC)c(OC)c1.I. The van der Waals surface area contributed by atoms with E-state index in [0.717, 1.165) is 16.1 Å². The van der Waals surface area contributed by atoms with Gasteiger partial charge in [0, 0.05) is 25.2 Å². The molecule has 0 bridgehead atoms. The summed E-state index contributed by atoms with van der Waals surface area (Å²) in [7, 11) is 6.51. The number of nitrogens with one attached hydrogen (secondary N) is 2. The molecule has 0 saturated heterocycles. The number of rotatable bonds is 7. The van der Waals surface area contributed by atoms with Crippen molar-refractivity contribution in [3.63, 3.8) is 0 Å². The van der Waals surface area contributed by atoms with Crippen LogP contribution in [0.15, 0.2) is 41.4 Å². The number of nitrogens with zero attached hydrogens (tertiary/aromatic N) is 1. The van der Waals surface area contributed by atoms with Gasteiger partial charge in [-0.05, 0) is 35.4 Å². The molecule has 6 nitrogen and oxygen atoms in total. The lowest BCUT2D eigenvalue weighted by Gasteiger charge is -2.16. The van der Waals surface area contributed by atoms with E-state index in [1.807, 2.05) is 36.4 Å². The number of halogens is 2. The summed E-state index contributed by atoms with van der Waals surface area (Å²) >= 11 is 5.90. The fourth-order valence-corrected chi connectivity index (χ4v) is 2.56. The van der Waals surface area contributed by atoms with Gasteiger partial charge in [-0.1, -0.05) is 23.7 Å². The third-order valence-electron chi connectivity index (χ3n) is 3.78. The molecular formula is C19H25ClIN3O3. The van der Waals surface area contributed by atoms with Crippen LogP contribution in [-0.4, -0.2) is 34.3 Å². The molecule has 0 atom stereocenters. The van der Waals surface area contributed by atoms with Gasteiger partial charge in [0.25, 0.3) is 0 Å². The van der Waals surface area contributed by atoms with Crippen molar-refractivity contribution in [2.45, 2.75) is 13.1 Å². The average molecular weight is 506 g/mol. The zero-order valence-corrected chi connectivity index (χ0v) is 18.9.